The summed E-state index contributed by atoms with van der Waals surface area (Å²) in [4.78, 5) is 2.58. The van der Waals surface area contributed by atoms with Crippen LogP contribution in [0, 0.1) is 0 Å². The first-order valence-electron chi connectivity index (χ1n) is 11.7. The summed E-state index contributed by atoms with van der Waals surface area (Å²) in [6.45, 7) is 10.9. The number of hydrogen-bond donors (Lipinski definition) is 1. The minimum atomic E-state index is 0.188. The zero-order valence-corrected chi connectivity index (χ0v) is 19.2. The molecule has 0 atom stereocenters. The molecular weight excluding hydrogens is 380 g/mol. The van der Waals surface area contributed by atoms with Gasteiger partial charge < -0.3 is 15.0 Å². The molecule has 1 aliphatic rings. The molecule has 0 saturated carbocycles. The van der Waals surface area contributed by atoms with Gasteiger partial charge in [0.05, 0.1) is 6.61 Å². The van der Waals surface area contributed by atoms with E-state index in [-0.39, 0.29) is 5.41 Å². The van der Waals surface area contributed by atoms with E-state index in [9.17, 15) is 0 Å². The molecule has 0 bridgehead atoms. The summed E-state index contributed by atoms with van der Waals surface area (Å²) in [5.74, 6) is 0.978. The van der Waals surface area contributed by atoms with Gasteiger partial charge in [-0.2, -0.15) is 0 Å². The molecule has 1 saturated heterocycles. The molecular formula is C28H36N2O. The predicted molar refractivity (Wildman–Crippen MR) is 132 cm³/mol. The van der Waals surface area contributed by atoms with Crippen LogP contribution in [0.1, 0.15) is 45.6 Å². The second kappa shape index (κ2) is 9.74. The summed E-state index contributed by atoms with van der Waals surface area (Å²) in [6, 6.07) is 24.3. The van der Waals surface area contributed by atoms with Crippen LogP contribution >= 0.6 is 0 Å². The summed E-state index contributed by atoms with van der Waals surface area (Å²) >= 11 is 0. The molecule has 4 rings (SSSR count). The largest absolute Gasteiger partial charge is 0.494 e. The lowest BCUT2D eigenvalue weighted by Gasteiger charge is -2.33. The Morgan fingerprint density at radius 3 is 2.35 bits per heavy atom. The van der Waals surface area contributed by atoms with E-state index >= 15 is 0 Å². The van der Waals surface area contributed by atoms with E-state index in [2.05, 4.69) is 97.7 Å². The first-order chi connectivity index (χ1) is 15.0. The van der Waals surface area contributed by atoms with E-state index in [0.29, 0.717) is 6.04 Å². The fourth-order valence-corrected chi connectivity index (χ4v) is 4.40. The Hall–Kier alpha value is -2.52. The number of rotatable bonds is 7. The number of hydrogen-bond acceptors (Lipinski definition) is 3. The Labute approximate surface area is 187 Å². The van der Waals surface area contributed by atoms with Gasteiger partial charge in [-0.1, -0.05) is 69.3 Å². The molecule has 1 aliphatic heterocycles. The predicted octanol–water partition coefficient (Wildman–Crippen LogP) is 6.48. The van der Waals surface area contributed by atoms with E-state index in [0.717, 1.165) is 38.4 Å². The molecule has 0 unspecified atom stereocenters. The van der Waals surface area contributed by atoms with Gasteiger partial charge in [0.25, 0.3) is 0 Å². The van der Waals surface area contributed by atoms with Gasteiger partial charge in [0.1, 0.15) is 5.75 Å². The quantitative estimate of drug-likeness (QED) is 0.446. The van der Waals surface area contributed by atoms with Crippen molar-refractivity contribution in [3.05, 3.63) is 72.3 Å². The number of likely N-dealkylation sites (tertiary alicyclic amines) is 1. The highest BCUT2D eigenvalue weighted by molar-refractivity contribution is 5.93. The molecule has 3 nitrogen and oxygen atoms in total. The number of anilines is 1. The smallest absolute Gasteiger partial charge is 0.119 e. The molecule has 0 spiro atoms. The van der Waals surface area contributed by atoms with Crippen molar-refractivity contribution in [2.75, 3.05) is 31.6 Å². The topological polar surface area (TPSA) is 24.5 Å². The molecule has 1 fully saturated rings. The molecule has 3 aromatic carbocycles. The first-order valence-corrected chi connectivity index (χ1v) is 11.7. The van der Waals surface area contributed by atoms with E-state index in [1.807, 2.05) is 0 Å². The number of fused-ring (bicyclic) bond motifs is 1. The van der Waals surface area contributed by atoms with Crippen molar-refractivity contribution in [3.63, 3.8) is 0 Å². The molecule has 0 radical (unpaired) electrons. The molecule has 0 aliphatic carbocycles. The van der Waals surface area contributed by atoms with Crippen molar-refractivity contribution in [2.24, 2.45) is 0 Å². The maximum Gasteiger partial charge on any atom is 0.119 e. The maximum atomic E-state index is 5.97. The van der Waals surface area contributed by atoms with Gasteiger partial charge in [0.2, 0.25) is 0 Å². The van der Waals surface area contributed by atoms with Crippen molar-refractivity contribution in [2.45, 2.75) is 51.5 Å². The average Bonchev–Trinajstić information content (AvgIpc) is 2.78. The number of ether oxygens (including phenoxy) is 1. The molecule has 3 heteroatoms. The number of nitrogens with zero attached hydrogens (tertiary/aromatic N) is 1. The highest BCUT2D eigenvalue weighted by Gasteiger charge is 2.19. The highest BCUT2D eigenvalue weighted by Crippen LogP contribution is 2.26. The van der Waals surface area contributed by atoms with Gasteiger partial charge in [-0.3, -0.25) is 0 Å². The summed E-state index contributed by atoms with van der Waals surface area (Å²) < 4.78 is 5.97. The van der Waals surface area contributed by atoms with Gasteiger partial charge in [-0.05, 0) is 53.8 Å². The third-order valence-corrected chi connectivity index (χ3v) is 6.34. The van der Waals surface area contributed by atoms with Crippen molar-refractivity contribution in [3.8, 4) is 5.75 Å². The Morgan fingerprint density at radius 1 is 0.903 bits per heavy atom. The molecule has 0 amide bonds. The lowest BCUT2D eigenvalue weighted by molar-refractivity contribution is 0.198. The summed E-state index contributed by atoms with van der Waals surface area (Å²) in [5.41, 5.74) is 2.80. The fourth-order valence-electron chi connectivity index (χ4n) is 4.40. The maximum absolute atomic E-state index is 5.97. The monoisotopic (exact) mass is 416 g/mol. The lowest BCUT2D eigenvalue weighted by Crippen LogP contribution is -2.39. The normalized spacial score (nSPS) is 15.8. The van der Waals surface area contributed by atoms with Crippen LogP contribution < -0.4 is 10.1 Å². The second-order valence-electron chi connectivity index (χ2n) is 9.76. The van der Waals surface area contributed by atoms with Gasteiger partial charge in [-0.15, -0.1) is 0 Å². The Kier molecular flexibility index (Phi) is 6.82. The fraction of sp³-hybridized carbons (Fsp3) is 0.429. The molecule has 1 heterocycles. The van der Waals surface area contributed by atoms with Gasteiger partial charge >= 0.3 is 0 Å². The second-order valence-corrected chi connectivity index (χ2v) is 9.76. The molecule has 1 N–H and O–H groups in total. The molecule has 164 valence electrons. The molecule has 0 aromatic heterocycles. The number of nitrogens with one attached hydrogen (secondary N) is 1. The molecule has 3 aromatic rings. The Balaban J connectivity index is 1.18. The zero-order chi connectivity index (χ0) is 21.7. The summed E-state index contributed by atoms with van der Waals surface area (Å²) in [7, 11) is 0. The molecule has 31 heavy (non-hydrogen) atoms. The van der Waals surface area contributed by atoms with Crippen molar-refractivity contribution in [1.82, 2.24) is 4.90 Å². The van der Waals surface area contributed by atoms with Gasteiger partial charge in [-0.25, -0.2) is 0 Å². The summed E-state index contributed by atoms with van der Waals surface area (Å²) in [5, 5.41) is 6.42. The number of piperidine rings is 1. The third-order valence-electron chi connectivity index (χ3n) is 6.34. The van der Waals surface area contributed by atoms with E-state index in [1.54, 1.807) is 0 Å². The van der Waals surface area contributed by atoms with Gasteiger partial charge in [0, 0.05) is 36.7 Å². The van der Waals surface area contributed by atoms with Crippen LogP contribution in [0.15, 0.2) is 66.7 Å². The highest BCUT2D eigenvalue weighted by atomic mass is 16.5. The van der Waals surface area contributed by atoms with Crippen LogP contribution in [-0.2, 0) is 5.41 Å². The van der Waals surface area contributed by atoms with E-state index in [4.69, 9.17) is 4.74 Å². The third kappa shape index (κ3) is 5.80. The van der Waals surface area contributed by atoms with Crippen LogP contribution in [0.3, 0.4) is 0 Å². The Morgan fingerprint density at radius 2 is 1.61 bits per heavy atom. The Bertz CT molecular complexity index is 961. The van der Waals surface area contributed by atoms with E-state index in [1.165, 1.54) is 34.9 Å². The number of benzene rings is 3. The van der Waals surface area contributed by atoms with Crippen LogP contribution in [0.25, 0.3) is 10.8 Å². The van der Waals surface area contributed by atoms with Crippen molar-refractivity contribution in [1.29, 1.82) is 0 Å². The van der Waals surface area contributed by atoms with E-state index < -0.39 is 0 Å². The van der Waals surface area contributed by atoms with Crippen molar-refractivity contribution >= 4 is 16.5 Å². The minimum absolute atomic E-state index is 0.188. The van der Waals surface area contributed by atoms with Crippen LogP contribution in [0.4, 0.5) is 5.69 Å². The van der Waals surface area contributed by atoms with Crippen LogP contribution in [-0.4, -0.2) is 37.2 Å². The lowest BCUT2D eigenvalue weighted by atomic mass is 9.87. The van der Waals surface area contributed by atoms with Crippen LogP contribution in [0.5, 0.6) is 5.75 Å². The average molecular weight is 417 g/mol. The SMILES string of the molecule is CC(C)(C)c1ccc(OCCCN2CCC(Nc3cccc4ccccc34)CC2)cc1. The summed E-state index contributed by atoms with van der Waals surface area (Å²) in [6.07, 6.45) is 3.46. The minimum Gasteiger partial charge on any atom is -0.494 e. The van der Waals surface area contributed by atoms with Crippen molar-refractivity contribution < 1.29 is 4.74 Å². The van der Waals surface area contributed by atoms with Gasteiger partial charge in [0.15, 0.2) is 0 Å². The standard InChI is InChI=1S/C28H36N2O/c1-28(2,3)23-12-14-25(15-13-23)31-21-7-18-30-19-16-24(17-20-30)29-27-11-6-9-22-8-4-5-10-26(22)27/h4-6,8-15,24,29H,7,16-21H2,1-3H3. The van der Waals surface area contributed by atoms with Crippen LogP contribution in [0.2, 0.25) is 0 Å². The first kappa shape index (κ1) is 21.7. The zero-order valence-electron chi connectivity index (χ0n) is 19.2.